The van der Waals surface area contributed by atoms with Crippen LogP contribution in [0.15, 0.2) is 42.5 Å². The third kappa shape index (κ3) is 4.11. The van der Waals surface area contributed by atoms with Gasteiger partial charge < -0.3 is 9.30 Å². The monoisotopic (exact) mass is 408 g/mol. The molecule has 3 aromatic rings. The standard InChI is InChI=1S/C25H29FN2O2/c1-16-11-20(15-25(2,3)14-16)28-22-10-7-18(24(29)30-4)13-21(22)27-23(28)12-17-5-8-19(26)9-6-17/h5-10,13,16,20H,11-12,14-15H2,1-4H3. The number of methoxy groups -OCH3 is 1. The SMILES string of the molecule is COC(=O)c1ccc2c(c1)nc(Cc1ccc(F)cc1)n2C1CC(C)CC(C)(C)C1. The van der Waals surface area contributed by atoms with Gasteiger partial charge in [0.1, 0.15) is 11.6 Å². The normalized spacial score (nSPS) is 21.0. The van der Waals surface area contributed by atoms with Crippen LogP contribution >= 0.6 is 0 Å². The predicted octanol–water partition coefficient (Wildman–Crippen LogP) is 5.94. The molecule has 1 aromatic heterocycles. The minimum atomic E-state index is -0.362. The lowest BCUT2D eigenvalue weighted by Crippen LogP contribution is -2.30. The van der Waals surface area contributed by atoms with Crippen molar-refractivity contribution in [3.8, 4) is 0 Å². The molecular formula is C25H29FN2O2. The number of hydrogen-bond donors (Lipinski definition) is 0. The molecule has 2 aromatic carbocycles. The Morgan fingerprint density at radius 2 is 1.93 bits per heavy atom. The van der Waals surface area contributed by atoms with E-state index in [-0.39, 0.29) is 17.2 Å². The van der Waals surface area contributed by atoms with Crippen molar-refractivity contribution in [2.45, 2.75) is 52.5 Å². The van der Waals surface area contributed by atoms with Crippen LogP contribution in [-0.2, 0) is 11.2 Å². The molecule has 1 aliphatic carbocycles. The van der Waals surface area contributed by atoms with Gasteiger partial charge in [-0.05, 0) is 66.5 Å². The summed E-state index contributed by atoms with van der Waals surface area (Å²) in [5.41, 5.74) is 3.61. The van der Waals surface area contributed by atoms with Crippen molar-refractivity contribution >= 4 is 17.0 Å². The van der Waals surface area contributed by atoms with E-state index in [4.69, 9.17) is 9.72 Å². The summed E-state index contributed by atoms with van der Waals surface area (Å²) >= 11 is 0. The summed E-state index contributed by atoms with van der Waals surface area (Å²) in [4.78, 5) is 16.9. The van der Waals surface area contributed by atoms with Gasteiger partial charge in [0.15, 0.2) is 0 Å². The van der Waals surface area contributed by atoms with Gasteiger partial charge in [-0.2, -0.15) is 0 Å². The molecule has 2 atom stereocenters. The minimum Gasteiger partial charge on any atom is -0.465 e. The quantitative estimate of drug-likeness (QED) is 0.502. The molecule has 5 heteroatoms. The number of rotatable bonds is 4. The average Bonchev–Trinajstić information content (AvgIpc) is 3.04. The molecule has 1 heterocycles. The Labute approximate surface area is 177 Å². The summed E-state index contributed by atoms with van der Waals surface area (Å²) in [7, 11) is 1.39. The molecule has 0 radical (unpaired) electrons. The number of halogens is 1. The average molecular weight is 409 g/mol. The highest BCUT2D eigenvalue weighted by atomic mass is 19.1. The van der Waals surface area contributed by atoms with Crippen LogP contribution in [0.2, 0.25) is 0 Å². The molecule has 30 heavy (non-hydrogen) atoms. The van der Waals surface area contributed by atoms with Gasteiger partial charge >= 0.3 is 5.97 Å². The Morgan fingerprint density at radius 3 is 2.60 bits per heavy atom. The number of ether oxygens (including phenoxy) is 1. The summed E-state index contributed by atoms with van der Waals surface area (Å²) in [6.45, 7) is 7.00. The Morgan fingerprint density at radius 1 is 1.20 bits per heavy atom. The molecule has 2 unspecified atom stereocenters. The van der Waals surface area contributed by atoms with Crippen LogP contribution in [0.5, 0.6) is 0 Å². The molecule has 158 valence electrons. The van der Waals surface area contributed by atoms with E-state index in [1.807, 2.05) is 30.3 Å². The van der Waals surface area contributed by atoms with Crippen LogP contribution in [-0.4, -0.2) is 22.6 Å². The largest absolute Gasteiger partial charge is 0.465 e. The van der Waals surface area contributed by atoms with E-state index >= 15 is 0 Å². The number of nitrogens with zero attached hydrogens (tertiary/aromatic N) is 2. The lowest BCUT2D eigenvalue weighted by molar-refractivity contribution is 0.0601. The van der Waals surface area contributed by atoms with Crippen LogP contribution in [0.25, 0.3) is 11.0 Å². The number of carbonyl (C=O) groups is 1. The number of imidazole rings is 1. The first-order valence-electron chi connectivity index (χ1n) is 10.6. The fourth-order valence-electron chi connectivity index (χ4n) is 5.20. The maximum atomic E-state index is 13.4. The molecule has 1 aliphatic rings. The molecule has 0 aliphatic heterocycles. The lowest BCUT2D eigenvalue weighted by atomic mass is 9.70. The summed E-state index contributed by atoms with van der Waals surface area (Å²) in [5, 5.41) is 0. The smallest absolute Gasteiger partial charge is 0.337 e. The van der Waals surface area contributed by atoms with Crippen LogP contribution in [0, 0.1) is 17.2 Å². The molecule has 1 saturated carbocycles. The van der Waals surface area contributed by atoms with Crippen molar-refractivity contribution < 1.29 is 13.9 Å². The van der Waals surface area contributed by atoms with E-state index in [1.165, 1.54) is 25.7 Å². The Kier molecular flexibility index (Phi) is 5.39. The second-order valence-electron chi connectivity index (χ2n) is 9.46. The summed E-state index contributed by atoms with van der Waals surface area (Å²) in [5.74, 6) is 0.981. The van der Waals surface area contributed by atoms with Gasteiger partial charge in [0.2, 0.25) is 0 Å². The van der Waals surface area contributed by atoms with Gasteiger partial charge in [-0.3, -0.25) is 0 Å². The molecule has 1 fully saturated rings. The first-order valence-corrected chi connectivity index (χ1v) is 10.6. The number of carbonyl (C=O) groups excluding carboxylic acids is 1. The van der Waals surface area contributed by atoms with E-state index in [0.29, 0.717) is 23.9 Å². The van der Waals surface area contributed by atoms with Crippen molar-refractivity contribution in [3.63, 3.8) is 0 Å². The van der Waals surface area contributed by atoms with E-state index in [2.05, 4.69) is 25.3 Å². The molecule has 0 N–H and O–H groups in total. The third-order valence-electron chi connectivity index (χ3n) is 6.19. The van der Waals surface area contributed by atoms with Crippen molar-refractivity contribution in [1.29, 1.82) is 0 Å². The molecule has 0 spiro atoms. The summed E-state index contributed by atoms with van der Waals surface area (Å²) in [6.07, 6.45) is 4.02. The van der Waals surface area contributed by atoms with Gasteiger partial charge in [-0.1, -0.05) is 32.9 Å². The highest BCUT2D eigenvalue weighted by Crippen LogP contribution is 2.45. The number of fused-ring (bicyclic) bond motifs is 1. The third-order valence-corrected chi connectivity index (χ3v) is 6.19. The van der Waals surface area contributed by atoms with Gasteiger partial charge in [0.05, 0.1) is 23.7 Å². The van der Waals surface area contributed by atoms with Gasteiger partial charge in [-0.15, -0.1) is 0 Å². The summed E-state index contributed by atoms with van der Waals surface area (Å²) < 4.78 is 20.6. The van der Waals surface area contributed by atoms with E-state index in [9.17, 15) is 9.18 Å². The molecule has 0 saturated heterocycles. The van der Waals surface area contributed by atoms with Crippen molar-refractivity contribution in [2.24, 2.45) is 11.3 Å². The number of benzene rings is 2. The second kappa shape index (κ2) is 7.86. The highest BCUT2D eigenvalue weighted by Gasteiger charge is 2.34. The van der Waals surface area contributed by atoms with Crippen LogP contribution in [0.1, 0.15) is 67.8 Å². The topological polar surface area (TPSA) is 44.1 Å². The van der Waals surface area contributed by atoms with Crippen LogP contribution in [0.3, 0.4) is 0 Å². The minimum absolute atomic E-state index is 0.238. The molecular weight excluding hydrogens is 379 g/mol. The maximum Gasteiger partial charge on any atom is 0.337 e. The Bertz CT molecular complexity index is 1070. The zero-order valence-corrected chi connectivity index (χ0v) is 18.1. The number of hydrogen-bond acceptors (Lipinski definition) is 3. The van der Waals surface area contributed by atoms with Gasteiger partial charge in [0.25, 0.3) is 0 Å². The van der Waals surface area contributed by atoms with Gasteiger partial charge in [-0.25, -0.2) is 14.2 Å². The van der Waals surface area contributed by atoms with Crippen LogP contribution in [0.4, 0.5) is 4.39 Å². The Balaban J connectivity index is 1.82. The molecule has 4 rings (SSSR count). The van der Waals surface area contributed by atoms with Crippen molar-refractivity contribution in [2.75, 3.05) is 7.11 Å². The molecule has 0 amide bonds. The molecule has 4 nitrogen and oxygen atoms in total. The van der Waals surface area contributed by atoms with Gasteiger partial charge in [0, 0.05) is 12.5 Å². The van der Waals surface area contributed by atoms with E-state index in [1.54, 1.807) is 0 Å². The molecule has 0 bridgehead atoms. The second-order valence-corrected chi connectivity index (χ2v) is 9.46. The highest BCUT2D eigenvalue weighted by molar-refractivity contribution is 5.93. The maximum absolute atomic E-state index is 13.4. The first kappa shape index (κ1) is 20.6. The zero-order chi connectivity index (χ0) is 21.5. The summed E-state index contributed by atoms with van der Waals surface area (Å²) in [6, 6.07) is 12.5. The van der Waals surface area contributed by atoms with E-state index in [0.717, 1.165) is 35.3 Å². The fraction of sp³-hybridized carbons (Fsp3) is 0.440. The van der Waals surface area contributed by atoms with Crippen molar-refractivity contribution in [1.82, 2.24) is 9.55 Å². The number of aromatic nitrogens is 2. The van der Waals surface area contributed by atoms with E-state index < -0.39 is 0 Å². The predicted molar refractivity (Wildman–Crippen MR) is 116 cm³/mol. The van der Waals surface area contributed by atoms with Crippen molar-refractivity contribution in [3.05, 3.63) is 65.2 Å². The van der Waals surface area contributed by atoms with Crippen LogP contribution < -0.4 is 0 Å². The Hall–Kier alpha value is -2.69. The number of esters is 1. The first-order chi connectivity index (χ1) is 14.3. The fourth-order valence-corrected chi connectivity index (χ4v) is 5.20. The zero-order valence-electron chi connectivity index (χ0n) is 18.1. The lowest BCUT2D eigenvalue weighted by Gasteiger charge is -2.40.